The minimum absolute atomic E-state index is 0.173. The predicted molar refractivity (Wildman–Crippen MR) is 92.3 cm³/mol. The maximum Gasteiger partial charge on any atom is 0.326 e. The summed E-state index contributed by atoms with van der Waals surface area (Å²) in [5.74, 6) is 0.111. The third kappa shape index (κ3) is 2.89. The maximum atomic E-state index is 11.6. The monoisotopic (exact) mass is 336 g/mol. The number of nitrogens with one attached hydrogen (secondary N) is 2. The van der Waals surface area contributed by atoms with Crippen molar-refractivity contribution in [3.63, 3.8) is 0 Å². The first-order valence-corrected chi connectivity index (χ1v) is 7.88. The van der Waals surface area contributed by atoms with E-state index in [0.29, 0.717) is 18.2 Å². The maximum absolute atomic E-state index is 11.6. The zero-order valence-corrected chi connectivity index (χ0v) is 13.3. The van der Waals surface area contributed by atoms with Crippen LogP contribution in [0.5, 0.6) is 0 Å². The fourth-order valence-corrected chi connectivity index (χ4v) is 3.03. The number of hydrogen-bond donors (Lipinski definition) is 3. The van der Waals surface area contributed by atoms with Crippen molar-refractivity contribution >= 4 is 29.7 Å². The summed E-state index contributed by atoms with van der Waals surface area (Å²) >= 11 is 0. The average Bonchev–Trinajstić information content (AvgIpc) is 2.92. The normalized spacial score (nSPS) is 18.1. The number of carbonyl (C=O) groups is 2. The van der Waals surface area contributed by atoms with Crippen LogP contribution in [0.2, 0.25) is 0 Å². The summed E-state index contributed by atoms with van der Waals surface area (Å²) in [4.78, 5) is 33.7. The summed E-state index contributed by atoms with van der Waals surface area (Å²) in [5.41, 5.74) is 9.93. The highest BCUT2D eigenvalue weighted by molar-refractivity contribution is 6.13. The van der Waals surface area contributed by atoms with Gasteiger partial charge in [-0.25, -0.2) is 14.8 Å². The van der Waals surface area contributed by atoms with E-state index in [9.17, 15) is 9.59 Å². The molecule has 0 atom stereocenters. The molecule has 1 fully saturated rings. The predicted octanol–water partition coefficient (Wildman–Crippen LogP) is 0.802. The summed E-state index contributed by atoms with van der Waals surface area (Å²) in [6, 6.07) is 7.07. The molecule has 1 aromatic carbocycles. The summed E-state index contributed by atoms with van der Waals surface area (Å²) < 4.78 is 0. The van der Waals surface area contributed by atoms with Crippen LogP contribution < -0.4 is 21.3 Å². The molecule has 2 aromatic rings. The minimum Gasteiger partial charge on any atom is -0.398 e. The van der Waals surface area contributed by atoms with E-state index in [-0.39, 0.29) is 5.70 Å². The van der Waals surface area contributed by atoms with Gasteiger partial charge in [0, 0.05) is 25.0 Å². The Balaban J connectivity index is 1.59. The Morgan fingerprint density at radius 3 is 2.88 bits per heavy atom. The number of fused-ring (bicyclic) bond motifs is 1. The number of aromatic nitrogens is 2. The fraction of sp³-hybridized carbons (Fsp3) is 0.176. The molecule has 1 saturated heterocycles. The Labute approximate surface area is 143 Å². The molecule has 8 nitrogen and oxygen atoms in total. The van der Waals surface area contributed by atoms with E-state index in [0.717, 1.165) is 18.7 Å². The topological polar surface area (TPSA) is 113 Å². The van der Waals surface area contributed by atoms with Crippen molar-refractivity contribution < 1.29 is 9.59 Å². The first-order valence-electron chi connectivity index (χ1n) is 7.88. The van der Waals surface area contributed by atoms with Crippen molar-refractivity contribution in [1.29, 1.82) is 0 Å². The van der Waals surface area contributed by atoms with Crippen LogP contribution in [-0.2, 0) is 17.8 Å². The van der Waals surface area contributed by atoms with E-state index in [1.54, 1.807) is 12.3 Å². The summed E-state index contributed by atoms with van der Waals surface area (Å²) in [6.45, 7) is 1.44. The Hall–Kier alpha value is -3.42. The molecule has 3 amide bonds. The van der Waals surface area contributed by atoms with E-state index >= 15 is 0 Å². The van der Waals surface area contributed by atoms with Gasteiger partial charge < -0.3 is 16.0 Å². The number of rotatable bonds is 2. The lowest BCUT2D eigenvalue weighted by Gasteiger charge is -2.29. The second-order valence-corrected chi connectivity index (χ2v) is 5.90. The summed E-state index contributed by atoms with van der Waals surface area (Å²) in [7, 11) is 0. The molecular weight excluding hydrogens is 320 g/mol. The zero-order valence-electron chi connectivity index (χ0n) is 13.3. The van der Waals surface area contributed by atoms with Gasteiger partial charge in [-0.05, 0) is 35.8 Å². The van der Waals surface area contributed by atoms with Crippen LogP contribution in [0.3, 0.4) is 0 Å². The van der Waals surface area contributed by atoms with Gasteiger partial charge >= 0.3 is 6.03 Å². The number of benzene rings is 1. The Morgan fingerprint density at radius 2 is 2.08 bits per heavy atom. The van der Waals surface area contributed by atoms with Crippen LogP contribution >= 0.6 is 0 Å². The molecule has 2 aliphatic rings. The van der Waals surface area contributed by atoms with E-state index < -0.39 is 11.9 Å². The molecule has 0 bridgehead atoms. The molecule has 25 heavy (non-hydrogen) atoms. The van der Waals surface area contributed by atoms with Crippen molar-refractivity contribution in [3.05, 3.63) is 53.0 Å². The molecule has 1 aromatic heterocycles. The third-order valence-corrected chi connectivity index (χ3v) is 4.26. The fourth-order valence-electron chi connectivity index (χ4n) is 3.03. The number of hydrogen-bond acceptors (Lipinski definition) is 6. The summed E-state index contributed by atoms with van der Waals surface area (Å²) in [5, 5.41) is 4.60. The van der Waals surface area contributed by atoms with Gasteiger partial charge in [-0.3, -0.25) is 10.1 Å². The molecule has 8 heteroatoms. The largest absolute Gasteiger partial charge is 0.398 e. The van der Waals surface area contributed by atoms with Crippen molar-refractivity contribution in [2.45, 2.75) is 13.0 Å². The number of carbonyl (C=O) groups excluding carboxylic acids is 2. The number of nitrogens with zero attached hydrogens (tertiary/aromatic N) is 3. The lowest BCUT2D eigenvalue weighted by atomic mass is 9.98. The molecule has 3 heterocycles. The molecule has 4 rings (SSSR count). The molecule has 126 valence electrons. The lowest BCUT2D eigenvalue weighted by molar-refractivity contribution is -0.115. The van der Waals surface area contributed by atoms with Gasteiger partial charge in [0.05, 0.1) is 5.69 Å². The summed E-state index contributed by atoms with van der Waals surface area (Å²) in [6.07, 6.45) is 3.99. The van der Waals surface area contributed by atoms with Gasteiger partial charge in [0.25, 0.3) is 5.91 Å². The highest BCUT2D eigenvalue weighted by Gasteiger charge is 2.23. The molecule has 4 N–H and O–H groups in total. The first kappa shape index (κ1) is 15.1. The molecular formula is C17H16N6O2. The smallest absolute Gasteiger partial charge is 0.326 e. The van der Waals surface area contributed by atoms with Crippen molar-refractivity contribution in [2.75, 3.05) is 17.2 Å². The number of amides is 3. The van der Waals surface area contributed by atoms with Crippen molar-refractivity contribution in [3.8, 4) is 0 Å². The average molecular weight is 336 g/mol. The number of anilines is 2. The van der Waals surface area contributed by atoms with Gasteiger partial charge in [0.15, 0.2) is 0 Å². The van der Waals surface area contributed by atoms with E-state index in [1.165, 1.54) is 17.2 Å². The van der Waals surface area contributed by atoms with Gasteiger partial charge in [-0.1, -0.05) is 12.1 Å². The van der Waals surface area contributed by atoms with Gasteiger partial charge in [-0.2, -0.15) is 0 Å². The van der Waals surface area contributed by atoms with E-state index in [1.807, 2.05) is 12.1 Å². The molecule has 0 spiro atoms. The minimum atomic E-state index is -0.532. The van der Waals surface area contributed by atoms with E-state index in [2.05, 4.69) is 31.6 Å². The number of nitrogen functional groups attached to an aromatic ring is 1. The number of imide groups is 1. The molecule has 0 saturated carbocycles. The van der Waals surface area contributed by atoms with Crippen LogP contribution in [0.1, 0.15) is 16.8 Å². The molecule has 0 unspecified atom stereocenters. The lowest BCUT2D eigenvalue weighted by Crippen LogP contribution is -2.32. The van der Waals surface area contributed by atoms with E-state index in [4.69, 9.17) is 5.73 Å². The van der Waals surface area contributed by atoms with Gasteiger partial charge in [0.1, 0.15) is 5.70 Å². The van der Waals surface area contributed by atoms with Crippen LogP contribution in [0.25, 0.3) is 6.08 Å². The quantitative estimate of drug-likeness (QED) is 0.425. The van der Waals surface area contributed by atoms with Crippen LogP contribution in [0.15, 0.2) is 36.2 Å². The first-order chi connectivity index (χ1) is 12.1. The van der Waals surface area contributed by atoms with Crippen molar-refractivity contribution in [1.82, 2.24) is 20.6 Å². The molecule has 0 radical (unpaired) electrons. The Morgan fingerprint density at radius 1 is 1.20 bits per heavy atom. The number of urea groups is 1. The highest BCUT2D eigenvalue weighted by atomic mass is 16.2. The molecule has 2 aliphatic heterocycles. The van der Waals surface area contributed by atoms with Crippen molar-refractivity contribution in [2.24, 2.45) is 0 Å². The Kier molecular flexibility index (Phi) is 3.57. The van der Waals surface area contributed by atoms with Crippen LogP contribution in [0, 0.1) is 0 Å². The second kappa shape index (κ2) is 5.90. The Bertz CT molecular complexity index is 908. The molecule has 0 aliphatic carbocycles. The standard InChI is InChI=1S/C17H16N6O2/c18-13-3-1-2-10-9-23(7-5-12(10)13)16-19-6-4-11(20-16)8-14-15(24)22-17(25)21-14/h1-4,6,8H,5,7,9,18H2,(H2,21,22,24,25). The van der Waals surface area contributed by atoms with Crippen LogP contribution in [0.4, 0.5) is 16.4 Å². The SMILES string of the molecule is Nc1cccc2c1CCN(c1nccc(C=C3NC(=O)NC3=O)n1)C2. The zero-order chi connectivity index (χ0) is 17.4. The third-order valence-electron chi connectivity index (χ3n) is 4.26. The van der Waals surface area contributed by atoms with Gasteiger partial charge in [0.2, 0.25) is 5.95 Å². The number of nitrogens with two attached hydrogens (primary N) is 1. The second-order valence-electron chi connectivity index (χ2n) is 5.90. The van der Waals surface area contributed by atoms with Gasteiger partial charge in [-0.15, -0.1) is 0 Å². The highest BCUT2D eigenvalue weighted by Crippen LogP contribution is 2.26. The van der Waals surface area contributed by atoms with Crippen LogP contribution in [-0.4, -0.2) is 28.5 Å².